The second-order valence-electron chi connectivity index (χ2n) is 5.82. The minimum Gasteiger partial charge on any atom is -0.465 e. The first-order valence-electron chi connectivity index (χ1n) is 8.10. The van der Waals surface area contributed by atoms with E-state index in [9.17, 15) is 4.79 Å². The zero-order valence-electron chi connectivity index (χ0n) is 13.9. The van der Waals surface area contributed by atoms with Crippen LogP contribution in [0.3, 0.4) is 0 Å². The summed E-state index contributed by atoms with van der Waals surface area (Å²) in [6.07, 6.45) is 4.08. The monoisotopic (exact) mass is 386 g/mol. The van der Waals surface area contributed by atoms with Crippen LogP contribution in [0.1, 0.15) is 12.0 Å². The summed E-state index contributed by atoms with van der Waals surface area (Å²) in [5.41, 5.74) is 2.68. The largest absolute Gasteiger partial charge is 0.465 e. The van der Waals surface area contributed by atoms with Crippen molar-refractivity contribution in [3.63, 3.8) is 0 Å². The Morgan fingerprint density at radius 1 is 1.23 bits per heavy atom. The van der Waals surface area contributed by atoms with Crippen molar-refractivity contribution in [3.8, 4) is 17.1 Å². The molecule has 3 aromatic rings. The van der Waals surface area contributed by atoms with Gasteiger partial charge in [-0.3, -0.25) is 14.3 Å². The van der Waals surface area contributed by atoms with Crippen LogP contribution >= 0.6 is 23.4 Å². The van der Waals surface area contributed by atoms with E-state index in [4.69, 9.17) is 16.3 Å². The fourth-order valence-corrected chi connectivity index (χ4v) is 3.98. The summed E-state index contributed by atoms with van der Waals surface area (Å²) in [6, 6.07) is 9.45. The Balaban J connectivity index is 1.86. The zero-order chi connectivity index (χ0) is 18.1. The number of esters is 1. The van der Waals surface area contributed by atoms with Crippen LogP contribution in [0.2, 0.25) is 5.02 Å². The van der Waals surface area contributed by atoms with Gasteiger partial charge in [-0.15, -0.1) is 10.2 Å². The summed E-state index contributed by atoms with van der Waals surface area (Å²) < 4.78 is 7.01. The average Bonchev–Trinajstić information content (AvgIpc) is 3.25. The summed E-state index contributed by atoms with van der Waals surface area (Å²) in [4.78, 5) is 16.0. The van der Waals surface area contributed by atoms with Crippen molar-refractivity contribution in [1.29, 1.82) is 0 Å². The summed E-state index contributed by atoms with van der Waals surface area (Å²) in [5.74, 6) is 0.462. The van der Waals surface area contributed by atoms with Crippen molar-refractivity contribution in [2.75, 3.05) is 6.61 Å². The molecule has 0 saturated carbocycles. The molecular formula is C18H15ClN4O2S. The number of carbonyl (C=O) groups excluding carboxylic acids is 1. The van der Waals surface area contributed by atoms with Gasteiger partial charge in [0.05, 0.1) is 12.3 Å². The van der Waals surface area contributed by atoms with Crippen LogP contribution in [0.15, 0.2) is 47.9 Å². The highest BCUT2D eigenvalue weighted by molar-refractivity contribution is 8.00. The molecular weight excluding hydrogens is 372 g/mol. The minimum atomic E-state index is -0.275. The molecule has 26 heavy (non-hydrogen) atoms. The Bertz CT molecular complexity index is 961. The number of carbonyl (C=O) groups is 1. The van der Waals surface area contributed by atoms with E-state index in [2.05, 4.69) is 15.2 Å². The molecule has 132 valence electrons. The third-order valence-corrected chi connectivity index (χ3v) is 5.78. The van der Waals surface area contributed by atoms with E-state index in [-0.39, 0.29) is 11.2 Å². The van der Waals surface area contributed by atoms with Gasteiger partial charge in [0.2, 0.25) is 0 Å². The van der Waals surface area contributed by atoms with E-state index in [0.717, 1.165) is 16.8 Å². The van der Waals surface area contributed by atoms with Gasteiger partial charge < -0.3 is 4.74 Å². The molecule has 0 bridgehead atoms. The van der Waals surface area contributed by atoms with Gasteiger partial charge in [-0.2, -0.15) is 0 Å². The Morgan fingerprint density at radius 2 is 2.04 bits per heavy atom. The molecule has 0 unspecified atom stereocenters. The summed E-state index contributed by atoms with van der Waals surface area (Å²) in [7, 11) is 0. The molecule has 0 radical (unpaired) electrons. The lowest BCUT2D eigenvalue weighted by atomic mass is 10.2. The predicted octanol–water partition coefficient (Wildman–Crippen LogP) is 3.70. The van der Waals surface area contributed by atoms with E-state index in [0.29, 0.717) is 29.0 Å². The van der Waals surface area contributed by atoms with Gasteiger partial charge in [-0.1, -0.05) is 29.4 Å². The van der Waals surface area contributed by atoms with Gasteiger partial charge in [0.25, 0.3) is 0 Å². The smallest absolute Gasteiger partial charge is 0.319 e. The standard InChI is InChI=1S/C18H15ClN4O2S/c1-11-13(19)3-2-4-14(11)23-16(12-5-8-20-9-6-12)21-22-18(23)26-15-7-10-25-17(15)24/h2-6,8-9,15H,7,10H2,1H3/t15-/m1/s1. The van der Waals surface area contributed by atoms with Crippen LogP contribution in [0.4, 0.5) is 0 Å². The highest BCUT2D eigenvalue weighted by Gasteiger charge is 2.30. The summed E-state index contributed by atoms with van der Waals surface area (Å²) in [5, 5.41) is 9.73. The number of thioether (sulfide) groups is 1. The number of aromatic nitrogens is 4. The van der Waals surface area contributed by atoms with Crippen LogP contribution in [0.25, 0.3) is 17.1 Å². The van der Waals surface area contributed by atoms with Crippen LogP contribution in [0.5, 0.6) is 0 Å². The fourth-order valence-electron chi connectivity index (χ4n) is 2.80. The maximum Gasteiger partial charge on any atom is 0.319 e. The predicted molar refractivity (Wildman–Crippen MR) is 99.6 cm³/mol. The van der Waals surface area contributed by atoms with E-state index in [1.165, 1.54) is 11.8 Å². The van der Waals surface area contributed by atoms with E-state index >= 15 is 0 Å². The van der Waals surface area contributed by atoms with Crippen molar-refractivity contribution in [2.24, 2.45) is 0 Å². The van der Waals surface area contributed by atoms with Crippen molar-refractivity contribution in [2.45, 2.75) is 23.8 Å². The molecule has 1 atom stereocenters. The first kappa shape index (κ1) is 17.1. The molecule has 1 aromatic carbocycles. The van der Waals surface area contributed by atoms with Crippen molar-refractivity contribution >= 4 is 29.3 Å². The molecule has 0 aliphatic carbocycles. The number of nitrogens with zero attached hydrogens (tertiary/aromatic N) is 4. The molecule has 8 heteroatoms. The lowest BCUT2D eigenvalue weighted by molar-refractivity contribution is -0.137. The molecule has 0 N–H and O–H groups in total. The molecule has 3 heterocycles. The SMILES string of the molecule is Cc1c(Cl)cccc1-n1c(S[C@@H]2CCOC2=O)nnc1-c1ccncc1. The zero-order valence-corrected chi connectivity index (χ0v) is 15.5. The topological polar surface area (TPSA) is 69.9 Å². The number of ether oxygens (including phenoxy) is 1. The number of hydrogen-bond donors (Lipinski definition) is 0. The van der Waals surface area contributed by atoms with Gasteiger partial charge in [0, 0.05) is 29.4 Å². The quantitative estimate of drug-likeness (QED) is 0.637. The van der Waals surface area contributed by atoms with Gasteiger partial charge in [-0.25, -0.2) is 0 Å². The van der Waals surface area contributed by atoms with Crippen molar-refractivity contribution in [3.05, 3.63) is 53.3 Å². The Hall–Kier alpha value is -2.38. The maximum atomic E-state index is 11.9. The lowest BCUT2D eigenvalue weighted by Crippen LogP contribution is -2.11. The summed E-state index contributed by atoms with van der Waals surface area (Å²) >= 11 is 7.70. The van der Waals surface area contributed by atoms with Crippen molar-refractivity contribution < 1.29 is 9.53 Å². The normalized spacial score (nSPS) is 16.7. The Kier molecular flexibility index (Phi) is 4.65. The fraction of sp³-hybridized carbons (Fsp3) is 0.222. The van der Waals surface area contributed by atoms with E-state index in [1.54, 1.807) is 12.4 Å². The molecule has 0 spiro atoms. The van der Waals surface area contributed by atoms with Crippen LogP contribution in [-0.4, -0.2) is 37.6 Å². The highest BCUT2D eigenvalue weighted by Crippen LogP contribution is 2.35. The molecule has 4 rings (SSSR count). The van der Waals surface area contributed by atoms with Crippen LogP contribution < -0.4 is 0 Å². The number of halogens is 1. The highest BCUT2D eigenvalue weighted by atomic mass is 35.5. The second kappa shape index (κ2) is 7.09. The lowest BCUT2D eigenvalue weighted by Gasteiger charge is -2.14. The first-order chi connectivity index (χ1) is 12.6. The van der Waals surface area contributed by atoms with Crippen LogP contribution in [-0.2, 0) is 9.53 Å². The van der Waals surface area contributed by atoms with Gasteiger partial charge in [0.1, 0.15) is 5.25 Å². The second-order valence-corrected chi connectivity index (χ2v) is 7.40. The molecule has 1 aliphatic rings. The molecule has 1 saturated heterocycles. The molecule has 1 fully saturated rings. The number of hydrogen-bond acceptors (Lipinski definition) is 6. The molecule has 1 aliphatic heterocycles. The summed E-state index contributed by atoms with van der Waals surface area (Å²) in [6.45, 7) is 2.39. The number of benzene rings is 1. The molecule has 2 aromatic heterocycles. The third kappa shape index (κ3) is 3.08. The van der Waals surface area contributed by atoms with Gasteiger partial charge >= 0.3 is 5.97 Å². The number of rotatable bonds is 4. The Labute approximate surface area is 159 Å². The first-order valence-corrected chi connectivity index (χ1v) is 9.35. The van der Waals surface area contributed by atoms with Crippen LogP contribution in [0, 0.1) is 6.92 Å². The number of cyclic esters (lactones) is 1. The molecule has 0 amide bonds. The maximum absolute atomic E-state index is 11.9. The minimum absolute atomic E-state index is 0.210. The third-order valence-electron chi connectivity index (χ3n) is 4.19. The van der Waals surface area contributed by atoms with Gasteiger partial charge in [0.15, 0.2) is 11.0 Å². The van der Waals surface area contributed by atoms with Crippen molar-refractivity contribution in [1.82, 2.24) is 19.7 Å². The number of pyridine rings is 1. The van der Waals surface area contributed by atoms with E-state index < -0.39 is 0 Å². The van der Waals surface area contributed by atoms with Gasteiger partial charge in [-0.05, 0) is 36.8 Å². The average molecular weight is 387 g/mol. The Morgan fingerprint density at radius 3 is 2.77 bits per heavy atom. The van der Waals surface area contributed by atoms with E-state index in [1.807, 2.05) is 41.8 Å². The molecule has 6 nitrogen and oxygen atoms in total.